The normalized spacial score (nSPS) is 23.9. The average Bonchev–Trinajstić information content (AvgIpc) is 2.92. The maximum absolute atomic E-state index is 13.5. The molecule has 2 fully saturated rings. The standard InChI is InChI=1S/C31H44N2O4/c1-23-11-3-5-16-28(23)37-29-17-6-4-15-27(29)31(35,18-7-8-20-36-2)25-13-10-19-33(22-25)30(34)24-12-9-14-26(32)21-24/h3-6,11,15-17,24-26,35H,7-10,12-14,18-22,32H2,1-2H3/t24?,25-,26?,31+/m1/s1. The number of unbranched alkanes of at least 4 members (excludes halogenated alkanes) is 1. The van der Waals surface area contributed by atoms with Crippen molar-refractivity contribution >= 4 is 5.91 Å². The van der Waals surface area contributed by atoms with E-state index in [0.29, 0.717) is 25.3 Å². The van der Waals surface area contributed by atoms with Gasteiger partial charge in [-0.3, -0.25) is 4.79 Å². The number of para-hydroxylation sites is 2. The summed E-state index contributed by atoms with van der Waals surface area (Å²) in [4.78, 5) is 15.5. The first-order valence-electron chi connectivity index (χ1n) is 14.0. The highest BCUT2D eigenvalue weighted by Crippen LogP contribution is 2.45. The van der Waals surface area contributed by atoms with E-state index in [1.165, 1.54) is 0 Å². The van der Waals surface area contributed by atoms with Gasteiger partial charge in [0, 0.05) is 50.2 Å². The van der Waals surface area contributed by atoms with E-state index in [2.05, 4.69) is 0 Å². The fourth-order valence-electron chi connectivity index (χ4n) is 6.18. The predicted molar refractivity (Wildman–Crippen MR) is 147 cm³/mol. The number of hydrogen-bond acceptors (Lipinski definition) is 5. The molecule has 1 aliphatic heterocycles. The Bertz CT molecular complexity index is 1030. The van der Waals surface area contributed by atoms with Crippen LogP contribution in [0.25, 0.3) is 0 Å². The van der Waals surface area contributed by atoms with Crippen molar-refractivity contribution < 1.29 is 19.4 Å². The van der Waals surface area contributed by atoms with Gasteiger partial charge in [-0.15, -0.1) is 0 Å². The summed E-state index contributed by atoms with van der Waals surface area (Å²) < 4.78 is 11.7. The van der Waals surface area contributed by atoms with E-state index in [-0.39, 0.29) is 23.8 Å². The van der Waals surface area contributed by atoms with Gasteiger partial charge in [0.2, 0.25) is 5.91 Å². The van der Waals surface area contributed by atoms with Gasteiger partial charge in [0.25, 0.3) is 0 Å². The topological polar surface area (TPSA) is 85.0 Å². The number of nitrogens with zero attached hydrogens (tertiary/aromatic N) is 1. The van der Waals surface area contributed by atoms with Crippen molar-refractivity contribution in [2.24, 2.45) is 17.6 Å². The van der Waals surface area contributed by atoms with E-state index in [1.807, 2.05) is 60.4 Å². The summed E-state index contributed by atoms with van der Waals surface area (Å²) in [6, 6.07) is 15.9. The van der Waals surface area contributed by atoms with Crippen LogP contribution in [0.1, 0.15) is 68.9 Å². The largest absolute Gasteiger partial charge is 0.457 e. The molecular formula is C31H44N2O4. The maximum atomic E-state index is 13.5. The minimum absolute atomic E-state index is 0.00831. The summed E-state index contributed by atoms with van der Waals surface area (Å²) in [6.07, 6.45) is 7.75. The summed E-state index contributed by atoms with van der Waals surface area (Å²) in [5.74, 6) is 1.60. The molecule has 2 aliphatic rings. The zero-order valence-corrected chi connectivity index (χ0v) is 22.5. The van der Waals surface area contributed by atoms with Crippen molar-refractivity contribution in [3.63, 3.8) is 0 Å². The second-order valence-electron chi connectivity index (χ2n) is 11.0. The Morgan fingerprint density at radius 3 is 2.57 bits per heavy atom. The Kier molecular flexibility index (Phi) is 9.63. The molecule has 3 N–H and O–H groups in total. The van der Waals surface area contributed by atoms with Crippen molar-refractivity contribution in [2.75, 3.05) is 26.8 Å². The Morgan fingerprint density at radius 1 is 1.05 bits per heavy atom. The van der Waals surface area contributed by atoms with Crippen LogP contribution in [0.4, 0.5) is 0 Å². The third kappa shape index (κ3) is 6.73. The first-order valence-corrected chi connectivity index (χ1v) is 14.0. The minimum atomic E-state index is -1.12. The van der Waals surface area contributed by atoms with Gasteiger partial charge >= 0.3 is 0 Å². The van der Waals surface area contributed by atoms with Crippen LogP contribution in [0.2, 0.25) is 0 Å². The van der Waals surface area contributed by atoms with Crippen LogP contribution in [-0.4, -0.2) is 48.8 Å². The number of nitrogens with two attached hydrogens (primary N) is 1. The Morgan fingerprint density at radius 2 is 1.81 bits per heavy atom. The third-order valence-corrected chi connectivity index (χ3v) is 8.30. The van der Waals surface area contributed by atoms with Crippen LogP contribution >= 0.6 is 0 Å². The quantitative estimate of drug-likeness (QED) is 0.411. The molecule has 0 aromatic heterocycles. The second kappa shape index (κ2) is 12.9. The molecule has 1 saturated carbocycles. The summed E-state index contributed by atoms with van der Waals surface area (Å²) in [6.45, 7) is 4.00. The molecule has 0 bridgehead atoms. The lowest BCUT2D eigenvalue weighted by atomic mass is 9.73. The average molecular weight is 509 g/mol. The van der Waals surface area contributed by atoms with Gasteiger partial charge < -0.3 is 25.2 Å². The number of methoxy groups -OCH3 is 1. The van der Waals surface area contributed by atoms with Crippen molar-refractivity contribution in [1.29, 1.82) is 0 Å². The van der Waals surface area contributed by atoms with Gasteiger partial charge in [-0.1, -0.05) is 42.8 Å². The molecule has 4 rings (SSSR count). The van der Waals surface area contributed by atoms with Gasteiger partial charge in [0.05, 0.1) is 5.60 Å². The molecule has 1 saturated heterocycles. The lowest BCUT2D eigenvalue weighted by Gasteiger charge is -2.44. The molecule has 6 heteroatoms. The number of likely N-dealkylation sites (tertiary alicyclic amines) is 1. The fourth-order valence-corrected chi connectivity index (χ4v) is 6.18. The van der Waals surface area contributed by atoms with Crippen LogP contribution < -0.4 is 10.5 Å². The smallest absolute Gasteiger partial charge is 0.225 e. The second-order valence-corrected chi connectivity index (χ2v) is 11.0. The SMILES string of the molecule is COCCCC[C@@](O)(c1ccccc1Oc1ccccc1C)[C@@H]1CCCN(C(=O)C2CCCC(N)C2)C1. The number of benzene rings is 2. The zero-order valence-electron chi connectivity index (χ0n) is 22.5. The van der Waals surface area contributed by atoms with E-state index >= 15 is 0 Å². The number of hydrogen-bond donors (Lipinski definition) is 2. The van der Waals surface area contributed by atoms with E-state index in [4.69, 9.17) is 15.2 Å². The summed E-state index contributed by atoms with van der Waals surface area (Å²) in [5.41, 5.74) is 6.93. The predicted octanol–water partition coefficient (Wildman–Crippen LogP) is 5.55. The third-order valence-electron chi connectivity index (χ3n) is 8.30. The lowest BCUT2D eigenvalue weighted by molar-refractivity contribution is -0.142. The molecule has 37 heavy (non-hydrogen) atoms. The van der Waals surface area contributed by atoms with Crippen LogP contribution in [0.5, 0.6) is 11.5 Å². The maximum Gasteiger partial charge on any atom is 0.225 e. The van der Waals surface area contributed by atoms with Crippen LogP contribution in [0.3, 0.4) is 0 Å². The highest BCUT2D eigenvalue weighted by atomic mass is 16.5. The summed E-state index contributed by atoms with van der Waals surface area (Å²) in [5, 5.41) is 12.5. The van der Waals surface area contributed by atoms with Gasteiger partial charge in [0.15, 0.2) is 0 Å². The lowest BCUT2D eigenvalue weighted by Crippen LogP contribution is -2.50. The van der Waals surface area contributed by atoms with E-state index in [0.717, 1.165) is 74.8 Å². The van der Waals surface area contributed by atoms with Crippen LogP contribution in [0, 0.1) is 18.8 Å². The number of rotatable bonds is 10. The Labute approximate surface area is 222 Å². The summed E-state index contributed by atoms with van der Waals surface area (Å²) >= 11 is 0. The first-order chi connectivity index (χ1) is 17.9. The number of aryl methyl sites for hydroxylation is 1. The molecule has 2 aromatic rings. The highest BCUT2D eigenvalue weighted by Gasteiger charge is 2.43. The number of aliphatic hydroxyl groups is 1. The number of ether oxygens (including phenoxy) is 2. The molecule has 202 valence electrons. The van der Waals surface area contributed by atoms with Gasteiger partial charge in [-0.05, 0) is 76.0 Å². The van der Waals surface area contributed by atoms with Crippen LogP contribution in [0.15, 0.2) is 48.5 Å². The molecule has 0 radical (unpaired) electrons. The number of carbonyl (C=O) groups excluding carboxylic acids is 1. The molecule has 2 aromatic carbocycles. The first kappa shape index (κ1) is 27.6. The molecule has 1 amide bonds. The zero-order chi connectivity index (χ0) is 26.3. The summed E-state index contributed by atoms with van der Waals surface area (Å²) in [7, 11) is 1.71. The molecule has 6 nitrogen and oxygen atoms in total. The minimum Gasteiger partial charge on any atom is -0.457 e. The Balaban J connectivity index is 1.61. The number of piperidine rings is 1. The molecule has 0 spiro atoms. The van der Waals surface area contributed by atoms with Gasteiger partial charge in [-0.25, -0.2) is 0 Å². The van der Waals surface area contributed by atoms with Crippen molar-refractivity contribution in [1.82, 2.24) is 4.90 Å². The fraction of sp³-hybridized carbons (Fsp3) is 0.581. The van der Waals surface area contributed by atoms with Crippen molar-refractivity contribution in [3.05, 3.63) is 59.7 Å². The number of carbonyl (C=O) groups is 1. The molecule has 2 unspecified atom stereocenters. The van der Waals surface area contributed by atoms with E-state index in [1.54, 1.807) is 7.11 Å². The van der Waals surface area contributed by atoms with E-state index in [9.17, 15) is 9.90 Å². The van der Waals surface area contributed by atoms with Crippen LogP contribution in [-0.2, 0) is 15.1 Å². The van der Waals surface area contributed by atoms with Gasteiger partial charge in [0.1, 0.15) is 11.5 Å². The highest BCUT2D eigenvalue weighted by molar-refractivity contribution is 5.79. The molecule has 1 heterocycles. The number of amides is 1. The molecular weight excluding hydrogens is 464 g/mol. The molecule has 1 aliphatic carbocycles. The monoisotopic (exact) mass is 508 g/mol. The van der Waals surface area contributed by atoms with Gasteiger partial charge in [-0.2, -0.15) is 0 Å². The van der Waals surface area contributed by atoms with Crippen molar-refractivity contribution in [2.45, 2.75) is 76.4 Å². The Hall–Kier alpha value is -2.41. The molecule has 4 atom stereocenters. The van der Waals surface area contributed by atoms with E-state index < -0.39 is 5.60 Å². The van der Waals surface area contributed by atoms with Crippen molar-refractivity contribution in [3.8, 4) is 11.5 Å².